The van der Waals surface area contributed by atoms with Gasteiger partial charge in [-0.15, -0.1) is 0 Å². The minimum absolute atomic E-state index is 0.618. The van der Waals surface area contributed by atoms with Crippen molar-refractivity contribution in [2.24, 2.45) is 4.99 Å². The average molecular weight is 438 g/mol. The zero-order valence-electron chi connectivity index (χ0n) is 13.6. The van der Waals surface area contributed by atoms with Crippen molar-refractivity contribution in [2.75, 3.05) is 0 Å². The molecule has 0 unspecified atom stereocenters. The average Bonchev–Trinajstić information content (AvgIpc) is 3.05. The number of aliphatic imine (C=N–C) groups is 1. The van der Waals surface area contributed by atoms with Gasteiger partial charge in [-0.2, -0.15) is 0 Å². The van der Waals surface area contributed by atoms with Gasteiger partial charge in [0.1, 0.15) is 5.52 Å². The zero-order valence-corrected chi connectivity index (χ0v) is 15.8. The summed E-state index contributed by atoms with van der Waals surface area (Å²) in [7, 11) is 0. The summed E-state index contributed by atoms with van der Waals surface area (Å²) in [6.45, 7) is 2.04. The van der Waals surface area contributed by atoms with Crippen LogP contribution in [0.5, 0.6) is 0 Å². The van der Waals surface area contributed by atoms with Crippen molar-refractivity contribution >= 4 is 45.6 Å². The lowest BCUT2D eigenvalue weighted by atomic mass is 10.2. The van der Waals surface area contributed by atoms with Gasteiger partial charge >= 0.3 is 0 Å². The van der Waals surface area contributed by atoms with Crippen molar-refractivity contribution in [1.82, 2.24) is 4.98 Å². The second-order valence-corrected chi connectivity index (χ2v) is 7.10. The minimum Gasteiger partial charge on any atom is -0.436 e. The molecule has 0 atom stereocenters. The van der Waals surface area contributed by atoms with Crippen LogP contribution >= 0.6 is 22.6 Å². The van der Waals surface area contributed by atoms with E-state index in [1.165, 1.54) is 3.57 Å². The van der Waals surface area contributed by atoms with Gasteiger partial charge in [-0.3, -0.25) is 4.99 Å². The summed E-state index contributed by atoms with van der Waals surface area (Å²) < 4.78 is 7.11. The molecule has 3 nitrogen and oxygen atoms in total. The van der Waals surface area contributed by atoms with E-state index in [1.807, 2.05) is 55.6 Å². The van der Waals surface area contributed by atoms with E-state index in [0.717, 1.165) is 33.5 Å². The summed E-state index contributed by atoms with van der Waals surface area (Å²) in [6.07, 6.45) is 1.87. The van der Waals surface area contributed by atoms with Crippen LogP contribution in [0.25, 0.3) is 22.6 Å². The summed E-state index contributed by atoms with van der Waals surface area (Å²) >= 11 is 2.29. The number of aromatic nitrogens is 1. The van der Waals surface area contributed by atoms with Crippen LogP contribution < -0.4 is 0 Å². The molecule has 0 aliphatic heterocycles. The molecule has 0 aliphatic carbocycles. The van der Waals surface area contributed by atoms with Crippen LogP contribution in [0.1, 0.15) is 11.1 Å². The fourth-order valence-electron chi connectivity index (χ4n) is 2.57. The third-order valence-electron chi connectivity index (χ3n) is 3.87. The summed E-state index contributed by atoms with van der Waals surface area (Å²) in [4.78, 5) is 9.14. The van der Waals surface area contributed by atoms with Crippen molar-refractivity contribution in [3.8, 4) is 11.5 Å². The maximum atomic E-state index is 5.90. The summed E-state index contributed by atoms with van der Waals surface area (Å²) in [5.41, 5.74) is 5.70. The van der Waals surface area contributed by atoms with Crippen molar-refractivity contribution in [3.63, 3.8) is 0 Å². The predicted octanol–water partition coefficient (Wildman–Crippen LogP) is 6.16. The highest BCUT2D eigenvalue weighted by atomic mass is 127. The topological polar surface area (TPSA) is 38.4 Å². The molecule has 25 heavy (non-hydrogen) atoms. The molecule has 4 aromatic rings. The fraction of sp³-hybridized carbons (Fsp3) is 0.0476. The molecule has 3 aromatic carbocycles. The Morgan fingerprint density at radius 3 is 2.68 bits per heavy atom. The lowest BCUT2D eigenvalue weighted by molar-refractivity contribution is 0.619. The molecule has 0 amide bonds. The molecule has 0 spiro atoms. The first-order valence-corrected chi connectivity index (χ1v) is 9.02. The van der Waals surface area contributed by atoms with Crippen molar-refractivity contribution in [2.45, 2.75) is 6.92 Å². The Hall–Kier alpha value is -2.47. The fourth-order valence-corrected chi connectivity index (χ4v) is 2.93. The highest BCUT2D eigenvalue weighted by Crippen LogP contribution is 2.27. The standard InChI is InChI=1S/C21H15IN2O/c1-14-5-10-19-20(11-14)25-21(24-19)16-3-2-4-18(12-16)23-13-15-6-8-17(22)9-7-15/h2-13H,1H3. The number of nitrogens with zero attached hydrogens (tertiary/aromatic N) is 2. The Kier molecular flexibility index (Phi) is 4.36. The molecular formula is C21H15IN2O. The molecule has 4 heteroatoms. The van der Waals surface area contributed by atoms with Crippen LogP contribution in [-0.4, -0.2) is 11.2 Å². The number of benzene rings is 3. The van der Waals surface area contributed by atoms with Gasteiger partial charge in [0.25, 0.3) is 0 Å². The lowest BCUT2D eigenvalue weighted by Gasteiger charge is -1.98. The molecule has 4 rings (SSSR count). The zero-order chi connectivity index (χ0) is 17.2. The molecule has 0 fully saturated rings. The Labute approximate surface area is 159 Å². The Balaban J connectivity index is 1.65. The molecule has 122 valence electrons. The third-order valence-corrected chi connectivity index (χ3v) is 4.59. The van der Waals surface area contributed by atoms with E-state index >= 15 is 0 Å². The third kappa shape index (κ3) is 3.64. The molecule has 0 saturated carbocycles. The summed E-state index contributed by atoms with van der Waals surface area (Å²) in [6, 6.07) is 22.2. The number of hydrogen-bond acceptors (Lipinski definition) is 3. The van der Waals surface area contributed by atoms with E-state index in [-0.39, 0.29) is 0 Å². The second kappa shape index (κ2) is 6.80. The Bertz CT molecular complexity index is 1060. The number of aryl methyl sites for hydroxylation is 1. The van der Waals surface area contributed by atoms with Gasteiger partial charge in [-0.25, -0.2) is 4.98 Å². The Morgan fingerprint density at radius 1 is 1.00 bits per heavy atom. The quantitative estimate of drug-likeness (QED) is 0.284. The van der Waals surface area contributed by atoms with E-state index in [0.29, 0.717) is 5.89 Å². The van der Waals surface area contributed by atoms with Gasteiger partial charge in [-0.1, -0.05) is 24.3 Å². The molecule has 1 aromatic heterocycles. The highest BCUT2D eigenvalue weighted by molar-refractivity contribution is 14.1. The van der Waals surface area contributed by atoms with Crippen LogP contribution in [0.4, 0.5) is 5.69 Å². The van der Waals surface area contributed by atoms with E-state index in [9.17, 15) is 0 Å². The first-order valence-electron chi connectivity index (χ1n) is 7.95. The van der Waals surface area contributed by atoms with E-state index < -0.39 is 0 Å². The lowest BCUT2D eigenvalue weighted by Crippen LogP contribution is -1.81. The Morgan fingerprint density at radius 2 is 1.84 bits per heavy atom. The van der Waals surface area contributed by atoms with Crippen molar-refractivity contribution in [1.29, 1.82) is 0 Å². The van der Waals surface area contributed by atoms with Gasteiger partial charge in [0.2, 0.25) is 5.89 Å². The first kappa shape index (κ1) is 16.0. The smallest absolute Gasteiger partial charge is 0.227 e. The number of hydrogen-bond donors (Lipinski definition) is 0. The van der Waals surface area contributed by atoms with Crippen LogP contribution in [-0.2, 0) is 0 Å². The molecular weight excluding hydrogens is 423 g/mol. The number of halogens is 1. The van der Waals surface area contributed by atoms with Crippen LogP contribution in [0.15, 0.2) is 76.1 Å². The largest absolute Gasteiger partial charge is 0.436 e. The molecule has 0 saturated heterocycles. The summed E-state index contributed by atoms with van der Waals surface area (Å²) in [5, 5.41) is 0. The van der Waals surface area contributed by atoms with E-state index in [2.05, 4.69) is 56.8 Å². The van der Waals surface area contributed by atoms with Crippen LogP contribution in [0.2, 0.25) is 0 Å². The van der Waals surface area contributed by atoms with Crippen molar-refractivity contribution in [3.05, 3.63) is 81.4 Å². The van der Waals surface area contributed by atoms with Crippen LogP contribution in [0, 0.1) is 10.5 Å². The SMILES string of the molecule is Cc1ccc2nc(-c3cccc(N=Cc4ccc(I)cc4)c3)oc2c1. The van der Waals surface area contributed by atoms with Crippen LogP contribution in [0.3, 0.4) is 0 Å². The van der Waals surface area contributed by atoms with Gasteiger partial charge in [0, 0.05) is 15.3 Å². The molecule has 0 N–H and O–H groups in total. The highest BCUT2D eigenvalue weighted by Gasteiger charge is 2.08. The number of oxazole rings is 1. The molecule has 0 bridgehead atoms. The maximum Gasteiger partial charge on any atom is 0.227 e. The molecule has 0 aliphatic rings. The maximum absolute atomic E-state index is 5.90. The predicted molar refractivity (Wildman–Crippen MR) is 111 cm³/mol. The van der Waals surface area contributed by atoms with E-state index in [4.69, 9.17) is 4.42 Å². The van der Waals surface area contributed by atoms with Gasteiger partial charge in [-0.05, 0) is 83.1 Å². The minimum atomic E-state index is 0.618. The van der Waals surface area contributed by atoms with Crippen molar-refractivity contribution < 1.29 is 4.42 Å². The number of fused-ring (bicyclic) bond motifs is 1. The molecule has 1 heterocycles. The number of rotatable bonds is 3. The molecule has 0 radical (unpaired) electrons. The summed E-state index contributed by atoms with van der Waals surface area (Å²) in [5.74, 6) is 0.618. The second-order valence-electron chi connectivity index (χ2n) is 5.85. The normalized spacial score (nSPS) is 11.4. The monoisotopic (exact) mass is 438 g/mol. The van der Waals surface area contributed by atoms with Gasteiger partial charge in [0.05, 0.1) is 5.69 Å². The first-order chi connectivity index (χ1) is 12.2. The van der Waals surface area contributed by atoms with Gasteiger partial charge in [0.15, 0.2) is 5.58 Å². The van der Waals surface area contributed by atoms with Gasteiger partial charge < -0.3 is 4.42 Å². The van der Waals surface area contributed by atoms with E-state index in [1.54, 1.807) is 0 Å².